The van der Waals surface area contributed by atoms with Crippen molar-refractivity contribution >= 4 is 85.9 Å². The average Bonchev–Trinajstić information content (AvgIpc) is 3.71. The summed E-state index contributed by atoms with van der Waals surface area (Å²) in [6.45, 7) is 0. The minimum absolute atomic E-state index is 1.18. The summed E-state index contributed by atoms with van der Waals surface area (Å²) in [5.41, 5.74) is 7.29. The van der Waals surface area contributed by atoms with Crippen LogP contribution >= 0.6 is 11.3 Å². The zero-order valence-electron chi connectivity index (χ0n) is 23.2. The van der Waals surface area contributed by atoms with Gasteiger partial charge in [-0.1, -0.05) is 78.9 Å². The van der Waals surface area contributed by atoms with E-state index in [1.807, 2.05) is 11.3 Å². The van der Waals surface area contributed by atoms with Crippen LogP contribution in [0.1, 0.15) is 0 Å². The van der Waals surface area contributed by atoms with Crippen LogP contribution < -0.4 is 0 Å². The number of para-hydroxylation sites is 2. The van der Waals surface area contributed by atoms with Crippen molar-refractivity contribution in [2.75, 3.05) is 0 Å². The number of nitrogens with zero attached hydrogens (tertiary/aromatic N) is 2. The van der Waals surface area contributed by atoms with Crippen molar-refractivity contribution in [1.82, 2.24) is 9.13 Å². The standard InChI is InChI=1S/C40H24N2S/c1-2-12-27(13-3-1)41-35-20-19-34-39(40(35)32-22-25-10-4-5-11-26(25)23-36(32)41)30-15-6-8-16-33(30)42(34)28-18-21-38-31(24-28)29-14-7-9-17-37(29)43-38/h1-24H. The summed E-state index contributed by atoms with van der Waals surface area (Å²) in [6, 6.07) is 53.5. The van der Waals surface area contributed by atoms with E-state index in [0.717, 1.165) is 0 Å². The van der Waals surface area contributed by atoms with E-state index in [4.69, 9.17) is 0 Å². The van der Waals surface area contributed by atoms with Gasteiger partial charge in [0.2, 0.25) is 0 Å². The Morgan fingerprint density at radius 3 is 1.81 bits per heavy atom. The number of aromatic nitrogens is 2. The van der Waals surface area contributed by atoms with Gasteiger partial charge in [-0.05, 0) is 77.5 Å². The Labute approximate surface area is 251 Å². The molecule has 2 nitrogen and oxygen atoms in total. The third-order valence-electron chi connectivity index (χ3n) is 9.06. The molecule has 0 aliphatic rings. The van der Waals surface area contributed by atoms with E-state index in [1.54, 1.807) is 0 Å². The van der Waals surface area contributed by atoms with Crippen molar-refractivity contribution < 1.29 is 0 Å². The van der Waals surface area contributed by atoms with E-state index >= 15 is 0 Å². The van der Waals surface area contributed by atoms with Crippen LogP contribution in [-0.2, 0) is 0 Å². The first-order valence-corrected chi connectivity index (χ1v) is 15.5. The molecule has 3 aromatic heterocycles. The number of benzene rings is 7. The smallest absolute Gasteiger partial charge is 0.0548 e. The summed E-state index contributed by atoms with van der Waals surface area (Å²) in [7, 11) is 0. The predicted molar refractivity (Wildman–Crippen MR) is 186 cm³/mol. The molecule has 0 aliphatic heterocycles. The molecule has 0 saturated carbocycles. The summed E-state index contributed by atoms with van der Waals surface area (Å²) < 4.78 is 7.56. The topological polar surface area (TPSA) is 9.86 Å². The van der Waals surface area contributed by atoms with Gasteiger partial charge in [0.05, 0.1) is 22.1 Å². The molecule has 0 atom stereocenters. The summed E-state index contributed by atoms with van der Waals surface area (Å²) in [4.78, 5) is 0. The molecular formula is C40H24N2S. The SMILES string of the molecule is c1ccc(-n2c3cc4ccccc4cc3c3c4c5ccccc5n(-c5ccc6sc7ccccc7c6c5)c4ccc32)cc1. The zero-order valence-corrected chi connectivity index (χ0v) is 24.0. The molecule has 7 aromatic carbocycles. The Balaban J connectivity index is 1.39. The van der Waals surface area contributed by atoms with E-state index in [2.05, 4.69) is 155 Å². The van der Waals surface area contributed by atoms with Crippen LogP contribution in [0.3, 0.4) is 0 Å². The summed E-state index contributed by atoms with van der Waals surface area (Å²) in [6.07, 6.45) is 0. The third kappa shape index (κ3) is 3.17. The van der Waals surface area contributed by atoms with E-state index < -0.39 is 0 Å². The molecule has 3 heterocycles. The molecule has 43 heavy (non-hydrogen) atoms. The van der Waals surface area contributed by atoms with Crippen LogP contribution in [0.4, 0.5) is 0 Å². The Bertz CT molecular complexity index is 2720. The minimum Gasteiger partial charge on any atom is -0.309 e. The van der Waals surface area contributed by atoms with Gasteiger partial charge in [-0.15, -0.1) is 11.3 Å². The second-order valence-corrected chi connectivity index (χ2v) is 12.5. The molecule has 0 bridgehead atoms. The van der Waals surface area contributed by atoms with Gasteiger partial charge in [0, 0.05) is 53.1 Å². The predicted octanol–water partition coefficient (Wildman–Crippen LogP) is 11.4. The Hall–Kier alpha value is -5.38. The molecule has 0 unspecified atom stereocenters. The van der Waals surface area contributed by atoms with Crippen LogP contribution in [0, 0.1) is 0 Å². The van der Waals surface area contributed by atoms with E-state index in [0.29, 0.717) is 0 Å². The van der Waals surface area contributed by atoms with Gasteiger partial charge in [0.15, 0.2) is 0 Å². The van der Waals surface area contributed by atoms with Crippen LogP contribution in [0.25, 0.3) is 85.9 Å². The van der Waals surface area contributed by atoms with Crippen molar-refractivity contribution in [1.29, 1.82) is 0 Å². The fourth-order valence-corrected chi connectivity index (χ4v) is 8.32. The third-order valence-corrected chi connectivity index (χ3v) is 10.2. The van der Waals surface area contributed by atoms with Gasteiger partial charge >= 0.3 is 0 Å². The number of hydrogen-bond donors (Lipinski definition) is 0. The molecule has 0 radical (unpaired) electrons. The lowest BCUT2D eigenvalue weighted by molar-refractivity contribution is 1.18. The fraction of sp³-hybridized carbons (Fsp3) is 0. The maximum atomic E-state index is 2.46. The van der Waals surface area contributed by atoms with Gasteiger partial charge in [0.1, 0.15) is 0 Å². The van der Waals surface area contributed by atoms with Gasteiger partial charge in [0.25, 0.3) is 0 Å². The summed E-state index contributed by atoms with van der Waals surface area (Å²) in [5.74, 6) is 0. The van der Waals surface area contributed by atoms with Crippen LogP contribution in [0.2, 0.25) is 0 Å². The van der Waals surface area contributed by atoms with E-state index in [9.17, 15) is 0 Å². The first kappa shape index (κ1) is 23.2. The van der Waals surface area contributed by atoms with Crippen LogP contribution in [0.15, 0.2) is 146 Å². The van der Waals surface area contributed by atoms with Crippen LogP contribution in [-0.4, -0.2) is 9.13 Å². The molecule has 0 saturated heterocycles. The Kier molecular flexibility index (Phi) is 4.63. The highest BCUT2D eigenvalue weighted by atomic mass is 32.1. The van der Waals surface area contributed by atoms with Gasteiger partial charge in [-0.25, -0.2) is 0 Å². The molecule has 0 N–H and O–H groups in total. The lowest BCUT2D eigenvalue weighted by Gasteiger charge is -2.10. The van der Waals surface area contributed by atoms with Crippen molar-refractivity contribution in [3.05, 3.63) is 146 Å². The molecule has 0 aliphatic carbocycles. The van der Waals surface area contributed by atoms with Gasteiger partial charge in [-0.2, -0.15) is 0 Å². The highest BCUT2D eigenvalue weighted by molar-refractivity contribution is 7.25. The highest BCUT2D eigenvalue weighted by Gasteiger charge is 2.21. The molecule has 0 fully saturated rings. The van der Waals surface area contributed by atoms with Crippen molar-refractivity contribution in [3.8, 4) is 11.4 Å². The fourth-order valence-electron chi connectivity index (χ4n) is 7.24. The summed E-state index contributed by atoms with van der Waals surface area (Å²) >= 11 is 1.87. The molecular weight excluding hydrogens is 541 g/mol. The molecule has 3 heteroatoms. The quantitative estimate of drug-likeness (QED) is 0.198. The molecule has 0 amide bonds. The lowest BCUT2D eigenvalue weighted by atomic mass is 10.0. The lowest BCUT2D eigenvalue weighted by Crippen LogP contribution is -1.94. The summed E-state index contributed by atoms with van der Waals surface area (Å²) in [5, 5.41) is 10.3. The minimum atomic E-state index is 1.18. The van der Waals surface area contributed by atoms with Gasteiger partial charge in [-0.3, -0.25) is 0 Å². The normalized spacial score (nSPS) is 12.2. The van der Waals surface area contributed by atoms with Crippen molar-refractivity contribution in [2.24, 2.45) is 0 Å². The molecule has 0 spiro atoms. The second-order valence-electron chi connectivity index (χ2n) is 11.4. The number of thiophene rings is 1. The first-order valence-electron chi connectivity index (χ1n) is 14.7. The van der Waals surface area contributed by atoms with E-state index in [1.165, 1.54) is 85.9 Å². The van der Waals surface area contributed by atoms with Crippen molar-refractivity contribution in [2.45, 2.75) is 0 Å². The Morgan fingerprint density at radius 1 is 0.349 bits per heavy atom. The second kappa shape index (κ2) is 8.57. The molecule has 10 aromatic rings. The highest BCUT2D eigenvalue weighted by Crippen LogP contribution is 2.44. The largest absolute Gasteiger partial charge is 0.309 e. The monoisotopic (exact) mass is 564 g/mol. The average molecular weight is 565 g/mol. The van der Waals surface area contributed by atoms with Crippen LogP contribution in [0.5, 0.6) is 0 Å². The maximum absolute atomic E-state index is 2.46. The number of rotatable bonds is 2. The van der Waals surface area contributed by atoms with Gasteiger partial charge < -0.3 is 9.13 Å². The first-order chi connectivity index (χ1) is 21.3. The van der Waals surface area contributed by atoms with Crippen molar-refractivity contribution in [3.63, 3.8) is 0 Å². The number of hydrogen-bond acceptors (Lipinski definition) is 1. The maximum Gasteiger partial charge on any atom is 0.0548 e. The zero-order chi connectivity index (χ0) is 28.1. The Morgan fingerprint density at radius 2 is 0.977 bits per heavy atom. The van der Waals surface area contributed by atoms with E-state index in [-0.39, 0.29) is 0 Å². The molecule has 200 valence electrons. The number of fused-ring (bicyclic) bond motifs is 11. The molecule has 10 rings (SSSR count).